The molecular formula is C16H12BrN3O3S. The molecule has 3 aromatic rings. The van der Waals surface area contributed by atoms with Gasteiger partial charge in [-0.05, 0) is 16.4 Å². The topological polar surface area (TPSA) is 77.0 Å². The van der Waals surface area contributed by atoms with E-state index in [2.05, 4.69) is 4.98 Å². The van der Waals surface area contributed by atoms with Crippen LogP contribution in [0.4, 0.5) is 5.69 Å². The zero-order valence-corrected chi connectivity index (χ0v) is 14.7. The Kier molecular flexibility index (Phi) is 5.88. The van der Waals surface area contributed by atoms with Gasteiger partial charge in [0.2, 0.25) is 5.78 Å². The highest BCUT2D eigenvalue weighted by Crippen LogP contribution is 2.21. The van der Waals surface area contributed by atoms with E-state index < -0.39 is 4.92 Å². The molecule has 2 aromatic heterocycles. The fourth-order valence-corrected chi connectivity index (χ4v) is 2.80. The molecule has 0 aliphatic carbocycles. The van der Waals surface area contributed by atoms with Gasteiger partial charge in [-0.1, -0.05) is 18.2 Å². The summed E-state index contributed by atoms with van der Waals surface area (Å²) in [5, 5.41) is 12.7. The molecule has 1 aromatic carbocycles. The van der Waals surface area contributed by atoms with Crippen LogP contribution in [-0.2, 0) is 6.54 Å². The van der Waals surface area contributed by atoms with Crippen molar-refractivity contribution < 1.29 is 31.3 Å². The summed E-state index contributed by atoms with van der Waals surface area (Å²) >= 11 is 1.59. The number of Topliss-reactive ketones (excluding diaryl/α,β-unsaturated/α-hetero) is 1. The summed E-state index contributed by atoms with van der Waals surface area (Å²) < 4.78 is 1.65. The second kappa shape index (κ2) is 7.89. The van der Waals surface area contributed by atoms with Gasteiger partial charge in [-0.25, -0.2) is 4.57 Å². The SMILES string of the molecule is O=C(C[n+]1ccc(-c2cccs2)nc1)c1cccc([N+](=O)[O-])c1.[Br-]. The van der Waals surface area contributed by atoms with Gasteiger partial charge in [-0.3, -0.25) is 14.9 Å². The van der Waals surface area contributed by atoms with Crippen molar-refractivity contribution in [3.63, 3.8) is 0 Å². The maximum atomic E-state index is 12.2. The number of hydrogen-bond acceptors (Lipinski definition) is 5. The quantitative estimate of drug-likeness (QED) is 0.257. The minimum Gasteiger partial charge on any atom is -1.00 e. The number of nitrogens with zero attached hydrogens (tertiary/aromatic N) is 3. The van der Waals surface area contributed by atoms with Crippen molar-refractivity contribution in [1.29, 1.82) is 0 Å². The van der Waals surface area contributed by atoms with Crippen molar-refractivity contribution in [2.45, 2.75) is 6.54 Å². The smallest absolute Gasteiger partial charge is 0.287 e. The zero-order valence-electron chi connectivity index (χ0n) is 12.3. The molecule has 0 bridgehead atoms. The third kappa shape index (κ3) is 4.09. The molecule has 8 heteroatoms. The van der Waals surface area contributed by atoms with E-state index in [-0.39, 0.29) is 35.0 Å². The number of halogens is 1. The van der Waals surface area contributed by atoms with Crippen LogP contribution in [0, 0.1) is 10.1 Å². The Labute approximate surface area is 152 Å². The van der Waals surface area contributed by atoms with Gasteiger partial charge < -0.3 is 17.0 Å². The van der Waals surface area contributed by atoms with E-state index in [4.69, 9.17) is 0 Å². The number of thiophene rings is 1. The van der Waals surface area contributed by atoms with Gasteiger partial charge in [0, 0.05) is 23.8 Å². The third-order valence-electron chi connectivity index (χ3n) is 3.25. The second-order valence-electron chi connectivity index (χ2n) is 4.83. The maximum absolute atomic E-state index is 12.2. The first kappa shape index (κ1) is 17.9. The number of ketones is 1. The number of non-ortho nitro benzene ring substituents is 1. The molecule has 0 aliphatic rings. The number of benzene rings is 1. The first-order chi connectivity index (χ1) is 11.1. The minimum atomic E-state index is -0.513. The van der Waals surface area contributed by atoms with Crippen LogP contribution in [0.25, 0.3) is 10.6 Å². The number of hydrogen-bond donors (Lipinski definition) is 0. The molecule has 0 fully saturated rings. The molecular weight excluding hydrogens is 394 g/mol. The van der Waals surface area contributed by atoms with Gasteiger partial charge in [0.05, 0.1) is 16.0 Å². The fraction of sp³-hybridized carbons (Fsp3) is 0.0625. The van der Waals surface area contributed by atoms with Crippen LogP contribution in [0.5, 0.6) is 0 Å². The van der Waals surface area contributed by atoms with E-state index in [1.54, 1.807) is 34.5 Å². The van der Waals surface area contributed by atoms with Crippen LogP contribution in [0.3, 0.4) is 0 Å². The van der Waals surface area contributed by atoms with E-state index >= 15 is 0 Å². The lowest BCUT2D eigenvalue weighted by atomic mass is 10.1. The Morgan fingerprint density at radius 2 is 2.08 bits per heavy atom. The molecule has 0 amide bonds. The maximum Gasteiger partial charge on any atom is 0.287 e. The van der Waals surface area contributed by atoms with Crippen LogP contribution in [0.2, 0.25) is 0 Å². The summed E-state index contributed by atoms with van der Waals surface area (Å²) in [6.07, 6.45) is 3.36. The van der Waals surface area contributed by atoms with Crippen molar-refractivity contribution in [3.8, 4) is 10.6 Å². The lowest BCUT2D eigenvalue weighted by molar-refractivity contribution is -0.686. The van der Waals surface area contributed by atoms with Gasteiger partial charge in [0.1, 0.15) is 0 Å². The number of nitro groups is 1. The van der Waals surface area contributed by atoms with Crippen LogP contribution >= 0.6 is 11.3 Å². The first-order valence-corrected chi connectivity index (χ1v) is 7.68. The molecule has 24 heavy (non-hydrogen) atoms. The molecule has 0 unspecified atom stereocenters. The molecule has 0 saturated heterocycles. The zero-order chi connectivity index (χ0) is 16.2. The Bertz CT molecular complexity index is 851. The number of nitro benzene ring substituents is 1. The van der Waals surface area contributed by atoms with E-state index in [1.165, 1.54) is 18.2 Å². The molecule has 3 rings (SSSR count). The van der Waals surface area contributed by atoms with Crippen LogP contribution < -0.4 is 21.5 Å². The summed E-state index contributed by atoms with van der Waals surface area (Å²) in [5.74, 6) is -0.204. The molecule has 0 saturated carbocycles. The van der Waals surface area contributed by atoms with Crippen molar-refractivity contribution >= 4 is 22.8 Å². The molecule has 0 N–H and O–H groups in total. The van der Waals surface area contributed by atoms with E-state index in [0.29, 0.717) is 5.56 Å². The van der Waals surface area contributed by atoms with Crippen molar-refractivity contribution in [2.75, 3.05) is 0 Å². The average molecular weight is 406 g/mol. The monoisotopic (exact) mass is 405 g/mol. The van der Waals surface area contributed by atoms with Crippen LogP contribution in [-0.4, -0.2) is 15.7 Å². The summed E-state index contributed by atoms with van der Waals surface area (Å²) in [5.41, 5.74) is 1.07. The average Bonchev–Trinajstić information content (AvgIpc) is 3.10. The van der Waals surface area contributed by atoms with E-state index in [1.807, 2.05) is 23.6 Å². The van der Waals surface area contributed by atoms with Crippen molar-refractivity contribution in [1.82, 2.24) is 4.98 Å². The Morgan fingerprint density at radius 3 is 2.71 bits per heavy atom. The van der Waals surface area contributed by atoms with Gasteiger partial charge in [-0.15, -0.1) is 11.3 Å². The largest absolute Gasteiger partial charge is 1.00 e. The predicted octanol–water partition coefficient (Wildman–Crippen LogP) is -0.107. The Morgan fingerprint density at radius 1 is 1.25 bits per heavy atom. The number of carbonyl (C=O) groups is 1. The van der Waals surface area contributed by atoms with E-state index in [0.717, 1.165) is 10.6 Å². The van der Waals surface area contributed by atoms with Gasteiger partial charge >= 0.3 is 0 Å². The fourth-order valence-electron chi connectivity index (χ4n) is 2.10. The lowest BCUT2D eigenvalue weighted by Gasteiger charge is -2.00. The van der Waals surface area contributed by atoms with Crippen molar-refractivity contribution in [2.24, 2.45) is 0 Å². The first-order valence-electron chi connectivity index (χ1n) is 6.80. The minimum absolute atomic E-state index is 0. The second-order valence-corrected chi connectivity index (χ2v) is 5.77. The van der Waals surface area contributed by atoms with Crippen molar-refractivity contribution in [3.05, 3.63) is 76.0 Å². The van der Waals surface area contributed by atoms with Gasteiger partial charge in [0.15, 0.2) is 12.2 Å². The Balaban J connectivity index is 0.00000208. The molecule has 2 heterocycles. The Hall–Kier alpha value is -2.45. The molecule has 0 aliphatic heterocycles. The highest BCUT2D eigenvalue weighted by molar-refractivity contribution is 7.13. The number of carbonyl (C=O) groups excluding carboxylic acids is 1. The van der Waals surface area contributed by atoms with Crippen LogP contribution in [0.15, 0.2) is 60.4 Å². The van der Waals surface area contributed by atoms with Gasteiger partial charge in [-0.2, -0.15) is 0 Å². The van der Waals surface area contributed by atoms with Crippen LogP contribution in [0.1, 0.15) is 10.4 Å². The predicted molar refractivity (Wildman–Crippen MR) is 85.2 cm³/mol. The molecule has 0 spiro atoms. The third-order valence-corrected chi connectivity index (χ3v) is 4.14. The van der Waals surface area contributed by atoms with E-state index in [9.17, 15) is 14.9 Å². The molecule has 0 radical (unpaired) electrons. The highest BCUT2D eigenvalue weighted by atomic mass is 79.9. The summed E-state index contributed by atoms with van der Waals surface area (Å²) in [6.45, 7) is 0.0822. The summed E-state index contributed by atoms with van der Waals surface area (Å²) in [6, 6.07) is 11.5. The highest BCUT2D eigenvalue weighted by Gasteiger charge is 2.15. The normalized spacial score (nSPS) is 10.0. The summed E-state index contributed by atoms with van der Waals surface area (Å²) in [7, 11) is 0. The summed E-state index contributed by atoms with van der Waals surface area (Å²) in [4.78, 5) is 27.9. The lowest BCUT2D eigenvalue weighted by Crippen LogP contribution is -3.00. The standard InChI is InChI=1S/C16H12N3O3S.BrH/c20-15(12-3-1-4-13(9-12)19(21)22)10-18-7-6-14(17-11-18)16-5-2-8-23-16;/h1-9,11H,10H2;1H/q+1;/p-1. The number of aromatic nitrogens is 2. The number of rotatable bonds is 5. The molecule has 122 valence electrons. The molecule has 6 nitrogen and oxygen atoms in total. The molecule has 0 atom stereocenters. The van der Waals surface area contributed by atoms with Gasteiger partial charge in [0.25, 0.3) is 12.0 Å².